The van der Waals surface area contributed by atoms with Gasteiger partial charge in [-0.05, 0) is 19.1 Å². The summed E-state index contributed by atoms with van der Waals surface area (Å²) in [5.74, 6) is 2.79. The van der Waals surface area contributed by atoms with Crippen molar-refractivity contribution >= 4 is 23.6 Å². The van der Waals surface area contributed by atoms with Crippen LogP contribution in [0.1, 0.15) is 22.7 Å². The molecule has 2 aliphatic rings. The molecule has 2 aliphatic heterocycles. The number of H-pyrrole nitrogens is 1. The van der Waals surface area contributed by atoms with Crippen LogP contribution in [0.3, 0.4) is 0 Å². The SMILES string of the molecule is Cc1nc(C(=O)NCC2CN(C(=O)C3CCSC3)C2)cc(=O)[nH]1. The van der Waals surface area contributed by atoms with Gasteiger partial charge in [0, 0.05) is 43.3 Å². The van der Waals surface area contributed by atoms with Crippen LogP contribution in [0.25, 0.3) is 0 Å². The van der Waals surface area contributed by atoms with Gasteiger partial charge < -0.3 is 15.2 Å². The van der Waals surface area contributed by atoms with Gasteiger partial charge in [0.15, 0.2) is 0 Å². The molecular weight excluding hydrogens is 316 g/mol. The van der Waals surface area contributed by atoms with Crippen LogP contribution in [0.4, 0.5) is 0 Å². The maximum Gasteiger partial charge on any atom is 0.270 e. The molecular formula is C15H20N4O3S. The Morgan fingerprint density at radius 3 is 2.91 bits per heavy atom. The minimum absolute atomic E-state index is 0.126. The van der Waals surface area contributed by atoms with Gasteiger partial charge in [-0.15, -0.1) is 0 Å². The predicted octanol–water partition coefficient (Wildman–Crippen LogP) is 0.0196. The molecule has 0 aromatic carbocycles. The maximum atomic E-state index is 12.2. The molecule has 7 nitrogen and oxygen atoms in total. The Hall–Kier alpha value is -1.83. The summed E-state index contributed by atoms with van der Waals surface area (Å²) in [6.45, 7) is 3.52. The number of amides is 2. The molecule has 8 heteroatoms. The van der Waals surface area contributed by atoms with Crippen LogP contribution in [-0.4, -0.2) is 57.8 Å². The fraction of sp³-hybridized carbons (Fsp3) is 0.600. The number of hydrogen-bond donors (Lipinski definition) is 2. The number of aryl methyl sites for hydroxylation is 1. The summed E-state index contributed by atoms with van der Waals surface area (Å²) in [5, 5.41) is 2.79. The van der Waals surface area contributed by atoms with Crippen LogP contribution in [0.2, 0.25) is 0 Å². The van der Waals surface area contributed by atoms with E-state index in [1.165, 1.54) is 6.07 Å². The first-order valence-electron chi connectivity index (χ1n) is 7.75. The zero-order chi connectivity index (χ0) is 16.4. The van der Waals surface area contributed by atoms with Gasteiger partial charge in [-0.25, -0.2) is 4.98 Å². The highest BCUT2D eigenvalue weighted by atomic mass is 32.2. The molecule has 2 saturated heterocycles. The summed E-state index contributed by atoms with van der Waals surface area (Å²) in [7, 11) is 0. The topological polar surface area (TPSA) is 95.2 Å². The van der Waals surface area contributed by atoms with E-state index in [-0.39, 0.29) is 34.9 Å². The van der Waals surface area contributed by atoms with E-state index >= 15 is 0 Å². The lowest BCUT2D eigenvalue weighted by atomic mass is 9.96. The van der Waals surface area contributed by atoms with E-state index in [1.54, 1.807) is 6.92 Å². The number of carbonyl (C=O) groups excluding carboxylic acids is 2. The highest BCUT2D eigenvalue weighted by Gasteiger charge is 2.35. The highest BCUT2D eigenvalue weighted by molar-refractivity contribution is 7.99. The largest absolute Gasteiger partial charge is 0.350 e. The Morgan fingerprint density at radius 2 is 2.26 bits per heavy atom. The van der Waals surface area contributed by atoms with Gasteiger partial charge in [-0.3, -0.25) is 14.4 Å². The number of carbonyl (C=O) groups is 2. The fourth-order valence-corrected chi connectivity index (χ4v) is 4.10. The number of hydrogen-bond acceptors (Lipinski definition) is 5. The summed E-state index contributed by atoms with van der Waals surface area (Å²) < 4.78 is 0. The van der Waals surface area contributed by atoms with E-state index in [1.807, 2.05) is 16.7 Å². The second-order valence-electron chi connectivity index (χ2n) is 6.10. The number of nitrogens with zero attached hydrogens (tertiary/aromatic N) is 2. The summed E-state index contributed by atoms with van der Waals surface area (Å²) >= 11 is 1.84. The number of thioether (sulfide) groups is 1. The van der Waals surface area contributed by atoms with Crippen LogP contribution in [0.15, 0.2) is 10.9 Å². The predicted molar refractivity (Wildman–Crippen MR) is 87.4 cm³/mol. The van der Waals surface area contributed by atoms with Crippen molar-refractivity contribution in [2.75, 3.05) is 31.1 Å². The quantitative estimate of drug-likeness (QED) is 0.808. The van der Waals surface area contributed by atoms with Crippen molar-refractivity contribution in [3.05, 3.63) is 27.9 Å². The highest BCUT2D eigenvalue weighted by Crippen LogP contribution is 2.27. The van der Waals surface area contributed by atoms with E-state index < -0.39 is 0 Å². The van der Waals surface area contributed by atoms with Crippen molar-refractivity contribution < 1.29 is 9.59 Å². The van der Waals surface area contributed by atoms with Gasteiger partial charge in [0.05, 0.1) is 0 Å². The third-order valence-corrected chi connectivity index (χ3v) is 5.35. The molecule has 23 heavy (non-hydrogen) atoms. The van der Waals surface area contributed by atoms with Gasteiger partial charge in [-0.1, -0.05) is 0 Å². The Bertz CT molecular complexity index is 663. The van der Waals surface area contributed by atoms with Crippen molar-refractivity contribution in [3.63, 3.8) is 0 Å². The van der Waals surface area contributed by atoms with Crippen molar-refractivity contribution in [1.82, 2.24) is 20.2 Å². The van der Waals surface area contributed by atoms with Crippen LogP contribution in [0.5, 0.6) is 0 Å². The smallest absolute Gasteiger partial charge is 0.270 e. The lowest BCUT2D eigenvalue weighted by Gasteiger charge is -2.40. The third kappa shape index (κ3) is 3.74. The first-order chi connectivity index (χ1) is 11.0. The second kappa shape index (κ2) is 6.74. The van der Waals surface area contributed by atoms with Crippen LogP contribution in [-0.2, 0) is 4.79 Å². The molecule has 0 aliphatic carbocycles. The maximum absolute atomic E-state index is 12.2. The number of aromatic amines is 1. The Labute approximate surface area is 138 Å². The molecule has 1 aromatic heterocycles. The van der Waals surface area contributed by atoms with E-state index in [0.717, 1.165) is 17.9 Å². The van der Waals surface area contributed by atoms with Crippen molar-refractivity contribution in [1.29, 1.82) is 0 Å². The standard InChI is InChI=1S/C15H20N4O3S/c1-9-17-12(4-13(20)18-9)14(21)16-5-10-6-19(7-10)15(22)11-2-3-23-8-11/h4,10-11H,2-3,5-8H2,1H3,(H,16,21)(H,17,18,20). The molecule has 2 N–H and O–H groups in total. The van der Waals surface area contributed by atoms with E-state index in [4.69, 9.17) is 0 Å². The average Bonchev–Trinajstić information content (AvgIpc) is 2.98. The molecule has 3 rings (SSSR count). The van der Waals surface area contributed by atoms with Crippen LogP contribution in [0, 0.1) is 18.8 Å². The zero-order valence-electron chi connectivity index (χ0n) is 13.0. The molecule has 1 unspecified atom stereocenters. The second-order valence-corrected chi connectivity index (χ2v) is 7.25. The summed E-state index contributed by atoms with van der Waals surface area (Å²) in [6.07, 6.45) is 0.981. The van der Waals surface area contributed by atoms with Crippen LogP contribution >= 0.6 is 11.8 Å². The van der Waals surface area contributed by atoms with Gasteiger partial charge in [0.25, 0.3) is 11.5 Å². The first-order valence-corrected chi connectivity index (χ1v) is 8.91. The summed E-state index contributed by atoms with van der Waals surface area (Å²) in [5.41, 5.74) is -0.209. The lowest BCUT2D eigenvalue weighted by molar-refractivity contribution is -0.140. The molecule has 0 bridgehead atoms. The monoisotopic (exact) mass is 336 g/mol. The number of aromatic nitrogens is 2. The lowest BCUT2D eigenvalue weighted by Crippen LogP contribution is -2.55. The molecule has 0 radical (unpaired) electrons. The minimum atomic E-state index is -0.351. The van der Waals surface area contributed by atoms with Gasteiger partial charge in [-0.2, -0.15) is 11.8 Å². The van der Waals surface area contributed by atoms with Crippen molar-refractivity contribution in [3.8, 4) is 0 Å². The summed E-state index contributed by atoms with van der Waals surface area (Å²) in [4.78, 5) is 43.9. The Morgan fingerprint density at radius 1 is 1.48 bits per heavy atom. The number of nitrogens with one attached hydrogen (secondary N) is 2. The molecule has 1 aromatic rings. The molecule has 124 valence electrons. The van der Waals surface area contributed by atoms with Crippen molar-refractivity contribution in [2.24, 2.45) is 11.8 Å². The van der Waals surface area contributed by atoms with Crippen molar-refractivity contribution in [2.45, 2.75) is 13.3 Å². The van der Waals surface area contributed by atoms with Gasteiger partial charge >= 0.3 is 0 Å². The molecule has 3 heterocycles. The van der Waals surface area contributed by atoms with E-state index in [2.05, 4.69) is 15.3 Å². The first kappa shape index (κ1) is 16.0. The summed E-state index contributed by atoms with van der Waals surface area (Å²) in [6, 6.07) is 1.19. The Kier molecular flexibility index (Phi) is 4.70. The molecule has 2 fully saturated rings. The average molecular weight is 336 g/mol. The molecule has 1 atom stereocenters. The Balaban J connectivity index is 1.44. The minimum Gasteiger partial charge on any atom is -0.350 e. The fourth-order valence-electron chi connectivity index (χ4n) is 2.89. The molecule has 2 amide bonds. The molecule has 0 spiro atoms. The normalized spacial score (nSPS) is 21.1. The molecule has 0 saturated carbocycles. The van der Waals surface area contributed by atoms with E-state index in [9.17, 15) is 14.4 Å². The third-order valence-electron chi connectivity index (χ3n) is 4.19. The van der Waals surface area contributed by atoms with Crippen LogP contribution < -0.4 is 10.9 Å². The number of rotatable bonds is 4. The van der Waals surface area contributed by atoms with Gasteiger partial charge in [0.1, 0.15) is 11.5 Å². The zero-order valence-corrected chi connectivity index (χ0v) is 13.8. The number of likely N-dealkylation sites (tertiary alicyclic amines) is 1. The van der Waals surface area contributed by atoms with Gasteiger partial charge in [0.2, 0.25) is 5.91 Å². The van der Waals surface area contributed by atoms with E-state index in [0.29, 0.717) is 25.5 Å².